The van der Waals surface area contributed by atoms with Gasteiger partial charge in [0.05, 0.1) is 0 Å². The number of hydrogen-bond acceptors (Lipinski definition) is 2. The van der Waals surface area contributed by atoms with Crippen molar-refractivity contribution < 1.29 is 0 Å². The second-order valence-electron chi connectivity index (χ2n) is 6.63. The first kappa shape index (κ1) is 19.7. The highest BCUT2D eigenvalue weighted by Crippen LogP contribution is 2.06. The summed E-state index contributed by atoms with van der Waals surface area (Å²) in [5.74, 6) is 1.92. The van der Waals surface area contributed by atoms with Crippen LogP contribution in [-0.2, 0) is 19.4 Å². The summed E-state index contributed by atoms with van der Waals surface area (Å²) in [6.07, 6.45) is 5.70. The minimum atomic E-state index is 0.701. The maximum absolute atomic E-state index is 4.71. The fraction of sp³-hybridized carbons (Fsp3) is 0.304. The second-order valence-corrected chi connectivity index (χ2v) is 6.63. The molecule has 0 aliphatic heterocycles. The molecular weight excluding hydrogens is 346 g/mol. The van der Waals surface area contributed by atoms with Gasteiger partial charge in [0.15, 0.2) is 5.96 Å². The van der Waals surface area contributed by atoms with E-state index in [9.17, 15) is 0 Å². The Morgan fingerprint density at radius 3 is 2.36 bits per heavy atom. The summed E-state index contributed by atoms with van der Waals surface area (Å²) in [6, 6.07) is 21.0. The van der Waals surface area contributed by atoms with E-state index in [4.69, 9.17) is 4.99 Å². The Labute approximate surface area is 167 Å². The zero-order valence-corrected chi connectivity index (χ0v) is 16.5. The third-order valence-electron chi connectivity index (χ3n) is 4.50. The molecule has 0 aliphatic rings. The number of hydrogen-bond donors (Lipinski definition) is 2. The van der Waals surface area contributed by atoms with Crippen molar-refractivity contribution in [1.82, 2.24) is 20.2 Å². The summed E-state index contributed by atoms with van der Waals surface area (Å²) in [6.45, 7) is 5.33. The van der Waals surface area contributed by atoms with Gasteiger partial charge in [-0.15, -0.1) is 0 Å². The molecule has 3 rings (SSSR count). The summed E-state index contributed by atoms with van der Waals surface area (Å²) in [5.41, 5.74) is 2.61. The summed E-state index contributed by atoms with van der Waals surface area (Å²) in [7, 11) is 0. The highest BCUT2D eigenvalue weighted by atomic mass is 15.2. The van der Waals surface area contributed by atoms with Gasteiger partial charge in [-0.3, -0.25) is 4.99 Å². The average molecular weight is 376 g/mol. The van der Waals surface area contributed by atoms with Gasteiger partial charge in [0, 0.05) is 45.0 Å². The molecule has 0 radical (unpaired) electrons. The van der Waals surface area contributed by atoms with Gasteiger partial charge < -0.3 is 15.2 Å². The molecule has 0 aliphatic carbocycles. The first-order valence-corrected chi connectivity index (χ1v) is 9.95. The van der Waals surface area contributed by atoms with Crippen LogP contribution in [0.3, 0.4) is 0 Å². The van der Waals surface area contributed by atoms with E-state index in [2.05, 4.69) is 75.6 Å². The first-order chi connectivity index (χ1) is 13.8. The standard InChI is InChI=1S/C23H29N5/c1-2-24-23(26-15-13-20-9-5-3-6-10-20)27-16-14-22-25-17-18-28(22)19-21-11-7-4-8-12-21/h3-12,17-18H,2,13-16,19H2,1H3,(H2,24,26,27). The molecule has 0 amide bonds. The van der Waals surface area contributed by atoms with E-state index in [0.717, 1.165) is 44.3 Å². The summed E-state index contributed by atoms with van der Waals surface area (Å²) < 4.78 is 2.20. The van der Waals surface area contributed by atoms with Crippen molar-refractivity contribution >= 4 is 5.96 Å². The molecule has 0 atom stereocenters. The van der Waals surface area contributed by atoms with E-state index < -0.39 is 0 Å². The van der Waals surface area contributed by atoms with Gasteiger partial charge >= 0.3 is 0 Å². The van der Waals surface area contributed by atoms with E-state index in [1.165, 1.54) is 11.1 Å². The lowest BCUT2D eigenvalue weighted by Gasteiger charge is -2.12. The Morgan fingerprint density at radius 1 is 0.929 bits per heavy atom. The van der Waals surface area contributed by atoms with Crippen LogP contribution in [0.25, 0.3) is 0 Å². The van der Waals surface area contributed by atoms with Crippen molar-refractivity contribution in [3.05, 3.63) is 90.0 Å². The van der Waals surface area contributed by atoms with Crippen LogP contribution in [0.2, 0.25) is 0 Å². The molecule has 1 aromatic heterocycles. The van der Waals surface area contributed by atoms with Gasteiger partial charge in [0.1, 0.15) is 5.82 Å². The van der Waals surface area contributed by atoms with E-state index in [0.29, 0.717) is 6.54 Å². The molecule has 0 saturated carbocycles. The molecule has 0 fully saturated rings. The normalized spacial score (nSPS) is 11.4. The van der Waals surface area contributed by atoms with Crippen LogP contribution in [-0.4, -0.2) is 35.1 Å². The molecule has 5 heteroatoms. The minimum Gasteiger partial charge on any atom is -0.357 e. The molecule has 0 unspecified atom stereocenters. The minimum absolute atomic E-state index is 0.701. The topological polar surface area (TPSA) is 54.2 Å². The Kier molecular flexibility index (Phi) is 7.67. The van der Waals surface area contributed by atoms with Crippen molar-refractivity contribution in [2.24, 2.45) is 4.99 Å². The molecular formula is C23H29N5. The lowest BCUT2D eigenvalue weighted by molar-refractivity contribution is 0.712. The van der Waals surface area contributed by atoms with Gasteiger partial charge in [-0.25, -0.2) is 4.98 Å². The third-order valence-corrected chi connectivity index (χ3v) is 4.50. The van der Waals surface area contributed by atoms with E-state index >= 15 is 0 Å². The van der Waals surface area contributed by atoms with Crippen LogP contribution in [0.4, 0.5) is 0 Å². The van der Waals surface area contributed by atoms with Crippen molar-refractivity contribution in [1.29, 1.82) is 0 Å². The monoisotopic (exact) mass is 375 g/mol. The van der Waals surface area contributed by atoms with Crippen molar-refractivity contribution in [2.75, 3.05) is 19.6 Å². The smallest absolute Gasteiger partial charge is 0.191 e. The maximum atomic E-state index is 4.71. The number of aromatic nitrogens is 2. The Balaban J connectivity index is 1.50. The lowest BCUT2D eigenvalue weighted by Crippen LogP contribution is -2.38. The van der Waals surface area contributed by atoms with Crippen molar-refractivity contribution in [3.63, 3.8) is 0 Å². The lowest BCUT2D eigenvalue weighted by atomic mass is 10.1. The zero-order valence-electron chi connectivity index (χ0n) is 16.5. The number of nitrogens with one attached hydrogen (secondary N) is 2. The van der Waals surface area contributed by atoms with Crippen LogP contribution >= 0.6 is 0 Å². The quantitative estimate of drug-likeness (QED) is 0.446. The highest BCUT2D eigenvalue weighted by Gasteiger charge is 2.04. The summed E-state index contributed by atoms with van der Waals surface area (Å²) in [4.78, 5) is 9.22. The van der Waals surface area contributed by atoms with E-state index in [1.807, 2.05) is 24.5 Å². The number of benzene rings is 2. The summed E-state index contributed by atoms with van der Waals surface area (Å²) >= 11 is 0. The molecule has 2 aromatic carbocycles. The van der Waals surface area contributed by atoms with Crippen LogP contribution in [0.1, 0.15) is 23.9 Å². The SMILES string of the molecule is CCNC(=NCCc1nccn1Cc1ccccc1)NCCc1ccccc1. The average Bonchev–Trinajstić information content (AvgIpc) is 3.16. The first-order valence-electron chi connectivity index (χ1n) is 9.95. The van der Waals surface area contributed by atoms with Crippen molar-refractivity contribution in [3.8, 4) is 0 Å². The predicted octanol–water partition coefficient (Wildman–Crippen LogP) is 3.27. The molecule has 28 heavy (non-hydrogen) atoms. The largest absolute Gasteiger partial charge is 0.357 e. The summed E-state index contributed by atoms with van der Waals surface area (Å²) in [5, 5.41) is 6.73. The number of nitrogens with zero attached hydrogens (tertiary/aromatic N) is 3. The number of guanidine groups is 1. The van der Waals surface area contributed by atoms with E-state index in [-0.39, 0.29) is 0 Å². The number of aliphatic imine (C=N–C) groups is 1. The van der Waals surface area contributed by atoms with Gasteiger partial charge in [0.25, 0.3) is 0 Å². The van der Waals surface area contributed by atoms with Crippen LogP contribution < -0.4 is 10.6 Å². The fourth-order valence-corrected chi connectivity index (χ4v) is 3.07. The van der Waals surface area contributed by atoms with Gasteiger partial charge in [-0.05, 0) is 24.5 Å². The van der Waals surface area contributed by atoms with E-state index in [1.54, 1.807) is 0 Å². The van der Waals surface area contributed by atoms with Gasteiger partial charge in [-0.2, -0.15) is 0 Å². The number of imidazole rings is 1. The highest BCUT2D eigenvalue weighted by molar-refractivity contribution is 5.79. The Hall–Kier alpha value is -3.08. The maximum Gasteiger partial charge on any atom is 0.191 e. The predicted molar refractivity (Wildman–Crippen MR) is 116 cm³/mol. The molecule has 1 heterocycles. The molecule has 3 aromatic rings. The Morgan fingerprint density at radius 2 is 1.64 bits per heavy atom. The van der Waals surface area contributed by atoms with Crippen molar-refractivity contribution in [2.45, 2.75) is 26.3 Å². The molecule has 0 saturated heterocycles. The van der Waals surface area contributed by atoms with Gasteiger partial charge in [-0.1, -0.05) is 60.7 Å². The number of rotatable bonds is 9. The molecule has 2 N–H and O–H groups in total. The second kappa shape index (κ2) is 10.9. The van der Waals surface area contributed by atoms with Crippen LogP contribution in [0.15, 0.2) is 78.0 Å². The molecule has 0 bridgehead atoms. The molecule has 0 spiro atoms. The zero-order chi connectivity index (χ0) is 19.4. The Bertz CT molecular complexity index is 840. The van der Waals surface area contributed by atoms with Crippen LogP contribution in [0.5, 0.6) is 0 Å². The third kappa shape index (κ3) is 6.27. The van der Waals surface area contributed by atoms with Crippen LogP contribution in [0, 0.1) is 0 Å². The van der Waals surface area contributed by atoms with Gasteiger partial charge in [0.2, 0.25) is 0 Å². The molecule has 146 valence electrons. The molecule has 5 nitrogen and oxygen atoms in total. The fourth-order valence-electron chi connectivity index (χ4n) is 3.07.